The van der Waals surface area contributed by atoms with Crippen LogP contribution in [0, 0.1) is 16.0 Å². The maximum atomic E-state index is 12.9. The zero-order valence-corrected chi connectivity index (χ0v) is 15.6. The third-order valence-corrected chi connectivity index (χ3v) is 4.88. The smallest absolute Gasteiger partial charge is 0.273 e. The van der Waals surface area contributed by atoms with Gasteiger partial charge >= 0.3 is 0 Å². The van der Waals surface area contributed by atoms with Crippen molar-refractivity contribution in [2.45, 2.75) is 26.5 Å². The zero-order valence-electron chi connectivity index (χ0n) is 14.1. The van der Waals surface area contributed by atoms with Crippen molar-refractivity contribution < 1.29 is 14.5 Å². The number of halogens is 2. The van der Waals surface area contributed by atoms with Gasteiger partial charge in [0.2, 0.25) is 0 Å². The number of nitrogens with zero attached hydrogens (tertiary/aromatic N) is 2. The lowest BCUT2D eigenvalue weighted by atomic mass is 10.0. The first-order chi connectivity index (χ1) is 12.3. The van der Waals surface area contributed by atoms with Crippen LogP contribution in [0.5, 0.6) is 5.75 Å². The van der Waals surface area contributed by atoms with Crippen molar-refractivity contribution in [1.82, 2.24) is 0 Å². The molecule has 1 aliphatic rings. The minimum atomic E-state index is -0.715. The van der Waals surface area contributed by atoms with Gasteiger partial charge in [-0.3, -0.25) is 14.9 Å². The lowest BCUT2D eigenvalue weighted by molar-refractivity contribution is -0.384. The molecule has 0 bridgehead atoms. The first-order valence-electron chi connectivity index (χ1n) is 7.98. The van der Waals surface area contributed by atoms with Crippen LogP contribution in [0.3, 0.4) is 0 Å². The number of anilines is 1. The molecule has 26 heavy (non-hydrogen) atoms. The van der Waals surface area contributed by atoms with E-state index in [1.807, 2.05) is 13.8 Å². The summed E-state index contributed by atoms with van der Waals surface area (Å²) in [5.41, 5.74) is 1.19. The second-order valence-corrected chi connectivity index (χ2v) is 7.18. The second-order valence-electron chi connectivity index (χ2n) is 6.36. The summed E-state index contributed by atoms with van der Waals surface area (Å²) in [6.45, 7) is 3.98. The molecule has 136 valence electrons. The third kappa shape index (κ3) is 3.48. The normalized spacial score (nSPS) is 16.4. The molecular formula is C18H16Cl2N2O4. The van der Waals surface area contributed by atoms with Crippen molar-refractivity contribution >= 4 is 40.5 Å². The summed E-state index contributed by atoms with van der Waals surface area (Å²) in [7, 11) is 0. The number of hydrogen-bond acceptors (Lipinski definition) is 4. The quantitative estimate of drug-likeness (QED) is 0.548. The minimum absolute atomic E-state index is 0.0879. The van der Waals surface area contributed by atoms with Gasteiger partial charge < -0.3 is 9.64 Å². The molecule has 1 heterocycles. The minimum Gasteiger partial charge on any atom is -0.478 e. The molecule has 2 aromatic carbocycles. The van der Waals surface area contributed by atoms with E-state index in [0.717, 1.165) is 5.56 Å². The molecule has 0 spiro atoms. The molecule has 2 aromatic rings. The number of rotatable bonds is 4. The van der Waals surface area contributed by atoms with Crippen molar-refractivity contribution in [1.29, 1.82) is 0 Å². The van der Waals surface area contributed by atoms with Crippen molar-refractivity contribution in [3.05, 3.63) is 62.1 Å². The SMILES string of the molecule is CC(C)C1Oc2cc([N+](=O)[O-])ccc2N(Cc2ccc(Cl)c(Cl)c2)C1=O. The summed E-state index contributed by atoms with van der Waals surface area (Å²) in [5, 5.41) is 11.9. The van der Waals surface area contributed by atoms with Crippen LogP contribution in [0.4, 0.5) is 11.4 Å². The van der Waals surface area contributed by atoms with Gasteiger partial charge in [-0.1, -0.05) is 43.1 Å². The van der Waals surface area contributed by atoms with Gasteiger partial charge in [-0.05, 0) is 29.7 Å². The molecular weight excluding hydrogens is 379 g/mol. The number of ether oxygens (including phenoxy) is 1. The number of non-ortho nitro benzene ring substituents is 1. The predicted octanol–water partition coefficient (Wildman–Crippen LogP) is 4.85. The Kier molecular flexibility index (Phi) is 5.07. The molecule has 1 atom stereocenters. The van der Waals surface area contributed by atoms with E-state index in [1.165, 1.54) is 18.2 Å². The topological polar surface area (TPSA) is 72.7 Å². The van der Waals surface area contributed by atoms with Crippen LogP contribution in [0.1, 0.15) is 19.4 Å². The van der Waals surface area contributed by atoms with Crippen molar-refractivity contribution in [2.24, 2.45) is 5.92 Å². The Hall–Kier alpha value is -2.31. The first kappa shape index (κ1) is 18.5. The molecule has 1 aliphatic heterocycles. The van der Waals surface area contributed by atoms with E-state index >= 15 is 0 Å². The molecule has 0 saturated carbocycles. The Morgan fingerprint density at radius 2 is 1.92 bits per heavy atom. The zero-order chi connectivity index (χ0) is 19.0. The number of carbonyl (C=O) groups excluding carboxylic acids is 1. The van der Waals surface area contributed by atoms with Gasteiger partial charge in [0.25, 0.3) is 11.6 Å². The average Bonchev–Trinajstić information content (AvgIpc) is 2.59. The van der Waals surface area contributed by atoms with E-state index < -0.39 is 11.0 Å². The Labute approximate surface area is 160 Å². The van der Waals surface area contributed by atoms with E-state index in [2.05, 4.69) is 0 Å². The van der Waals surface area contributed by atoms with Crippen LogP contribution in [0.2, 0.25) is 10.0 Å². The molecule has 0 radical (unpaired) electrons. The fraction of sp³-hybridized carbons (Fsp3) is 0.278. The average molecular weight is 395 g/mol. The predicted molar refractivity (Wildman–Crippen MR) is 100 cm³/mol. The van der Waals surface area contributed by atoms with Gasteiger partial charge in [-0.2, -0.15) is 0 Å². The van der Waals surface area contributed by atoms with Gasteiger partial charge in [0.15, 0.2) is 11.9 Å². The third-order valence-electron chi connectivity index (χ3n) is 4.14. The number of nitro benzene ring substituents is 1. The van der Waals surface area contributed by atoms with E-state index in [1.54, 1.807) is 23.1 Å². The molecule has 0 aliphatic carbocycles. The standard InChI is InChI=1S/C18H16Cl2N2O4/c1-10(2)17-18(23)21(9-11-3-5-13(19)14(20)7-11)15-6-4-12(22(24)25)8-16(15)26-17/h3-8,10,17H,9H2,1-2H3. The monoisotopic (exact) mass is 394 g/mol. The second kappa shape index (κ2) is 7.13. The Bertz CT molecular complexity index is 885. The summed E-state index contributed by atoms with van der Waals surface area (Å²) in [6, 6.07) is 9.38. The molecule has 1 unspecified atom stereocenters. The fourth-order valence-electron chi connectivity index (χ4n) is 2.80. The van der Waals surface area contributed by atoms with Gasteiger partial charge in [0, 0.05) is 6.07 Å². The van der Waals surface area contributed by atoms with Crippen LogP contribution in [-0.4, -0.2) is 16.9 Å². The molecule has 0 saturated heterocycles. The molecule has 0 aromatic heterocycles. The summed E-state index contributed by atoms with van der Waals surface area (Å²) in [4.78, 5) is 25.0. The van der Waals surface area contributed by atoms with E-state index in [4.69, 9.17) is 27.9 Å². The number of fused-ring (bicyclic) bond motifs is 1. The number of amides is 1. The van der Waals surface area contributed by atoms with Gasteiger partial charge in [-0.15, -0.1) is 0 Å². The van der Waals surface area contributed by atoms with Crippen molar-refractivity contribution in [3.8, 4) is 5.75 Å². The van der Waals surface area contributed by atoms with Gasteiger partial charge in [-0.25, -0.2) is 0 Å². The number of hydrogen-bond donors (Lipinski definition) is 0. The Morgan fingerprint density at radius 1 is 1.19 bits per heavy atom. The summed E-state index contributed by atoms with van der Waals surface area (Å²) in [5.74, 6) is 0.0243. The van der Waals surface area contributed by atoms with Gasteiger partial charge in [0.1, 0.15) is 0 Å². The molecule has 0 N–H and O–H groups in total. The van der Waals surface area contributed by atoms with E-state index in [0.29, 0.717) is 21.5 Å². The van der Waals surface area contributed by atoms with Crippen LogP contribution in [-0.2, 0) is 11.3 Å². The molecule has 6 nitrogen and oxygen atoms in total. The van der Waals surface area contributed by atoms with Gasteiger partial charge in [0.05, 0.1) is 33.3 Å². The molecule has 3 rings (SSSR count). The van der Waals surface area contributed by atoms with Crippen LogP contribution in [0.15, 0.2) is 36.4 Å². The number of nitro groups is 1. The number of benzene rings is 2. The maximum Gasteiger partial charge on any atom is 0.273 e. The highest BCUT2D eigenvalue weighted by molar-refractivity contribution is 6.42. The molecule has 0 fully saturated rings. The Balaban J connectivity index is 2.03. The van der Waals surface area contributed by atoms with Crippen LogP contribution in [0.25, 0.3) is 0 Å². The number of carbonyl (C=O) groups is 1. The summed E-state index contributed by atoms with van der Waals surface area (Å²) >= 11 is 12.0. The van der Waals surface area contributed by atoms with E-state index in [-0.39, 0.29) is 24.1 Å². The largest absolute Gasteiger partial charge is 0.478 e. The molecule has 1 amide bonds. The van der Waals surface area contributed by atoms with Crippen molar-refractivity contribution in [2.75, 3.05) is 4.90 Å². The highest BCUT2D eigenvalue weighted by atomic mass is 35.5. The maximum absolute atomic E-state index is 12.9. The summed E-state index contributed by atoms with van der Waals surface area (Å²) in [6.07, 6.45) is -0.715. The van der Waals surface area contributed by atoms with Crippen LogP contribution < -0.4 is 9.64 Å². The molecule has 8 heteroatoms. The first-order valence-corrected chi connectivity index (χ1v) is 8.74. The van der Waals surface area contributed by atoms with Crippen molar-refractivity contribution in [3.63, 3.8) is 0 Å². The summed E-state index contributed by atoms with van der Waals surface area (Å²) < 4.78 is 5.76. The lowest BCUT2D eigenvalue weighted by Gasteiger charge is -2.36. The Morgan fingerprint density at radius 3 is 2.54 bits per heavy atom. The highest BCUT2D eigenvalue weighted by Crippen LogP contribution is 2.39. The van der Waals surface area contributed by atoms with E-state index in [9.17, 15) is 14.9 Å². The fourth-order valence-corrected chi connectivity index (χ4v) is 3.12. The van der Waals surface area contributed by atoms with Crippen LogP contribution >= 0.6 is 23.2 Å². The highest BCUT2D eigenvalue weighted by Gasteiger charge is 2.37. The lowest BCUT2D eigenvalue weighted by Crippen LogP contribution is -2.48.